The maximum absolute atomic E-state index is 13.7. The summed E-state index contributed by atoms with van der Waals surface area (Å²) in [6.07, 6.45) is 7.40. The molecule has 1 aliphatic carbocycles. The van der Waals surface area contributed by atoms with Crippen LogP contribution in [0.2, 0.25) is 0 Å². The third-order valence-electron chi connectivity index (χ3n) is 7.85. The summed E-state index contributed by atoms with van der Waals surface area (Å²) in [7, 11) is -1.64. The van der Waals surface area contributed by atoms with Gasteiger partial charge >= 0.3 is 6.18 Å². The van der Waals surface area contributed by atoms with Crippen molar-refractivity contribution in [1.29, 1.82) is 5.26 Å². The Bertz CT molecular complexity index is 1520. The van der Waals surface area contributed by atoms with Crippen LogP contribution in [0.4, 0.5) is 19.1 Å². The van der Waals surface area contributed by atoms with E-state index in [4.69, 9.17) is 9.47 Å². The lowest BCUT2D eigenvalue weighted by atomic mass is 10.0. The maximum atomic E-state index is 13.7. The van der Waals surface area contributed by atoms with Gasteiger partial charge in [0.2, 0.25) is 5.95 Å². The number of hydrogen-bond donors (Lipinski definition) is 1. The maximum Gasteiger partial charge on any atom is 0.416 e. The first-order valence-corrected chi connectivity index (χ1v) is 16.9. The van der Waals surface area contributed by atoms with Crippen molar-refractivity contribution in [2.75, 3.05) is 50.7 Å². The first-order valence-electron chi connectivity index (χ1n) is 14.8. The molecule has 1 atom stereocenters. The minimum Gasteiger partial charge on any atom is -0.489 e. The van der Waals surface area contributed by atoms with Crippen LogP contribution < -0.4 is 10.1 Å². The quantitative estimate of drug-likeness (QED) is 0.301. The zero-order valence-electron chi connectivity index (χ0n) is 25.7. The number of anilines is 1. The highest BCUT2D eigenvalue weighted by molar-refractivity contribution is 7.90. The Labute approximate surface area is 262 Å². The molecule has 1 aromatic heterocycles. The Balaban J connectivity index is 1.65. The molecule has 0 radical (unpaired) electrons. The molecule has 14 heteroatoms. The summed E-state index contributed by atoms with van der Waals surface area (Å²) in [6, 6.07) is 5.23. The lowest BCUT2D eigenvalue weighted by molar-refractivity contribution is -0.137. The molecule has 0 spiro atoms. The number of ether oxygens (including phenoxy) is 2. The third-order valence-corrected chi connectivity index (χ3v) is 8.76. The second-order valence-corrected chi connectivity index (χ2v) is 13.5. The van der Waals surface area contributed by atoms with E-state index >= 15 is 0 Å². The van der Waals surface area contributed by atoms with Gasteiger partial charge in [-0.15, -0.1) is 0 Å². The van der Waals surface area contributed by atoms with E-state index in [1.807, 2.05) is 23.1 Å². The van der Waals surface area contributed by atoms with Gasteiger partial charge in [-0.05, 0) is 61.6 Å². The molecule has 1 unspecified atom stereocenters. The standard InChI is InChI=1S/C31H39F3N6O4S/c1-4-39(20-22-7-5-6-8-22)27-9-10-29(43-2)40(21-24-13-23(16-35)14-25(15-24)31(32,33)34)28(27)19-38-30-36-17-26(18-37-30)44-11-12-45(3,41)42/h9-10,13-15,17-18,22,29H,4-8,11-12,19-21H2,1-3H3,(H,36,37,38). The van der Waals surface area contributed by atoms with E-state index in [2.05, 4.69) is 27.1 Å². The van der Waals surface area contributed by atoms with E-state index < -0.39 is 27.8 Å². The highest BCUT2D eigenvalue weighted by atomic mass is 32.2. The number of sulfone groups is 1. The van der Waals surface area contributed by atoms with Gasteiger partial charge < -0.3 is 24.6 Å². The van der Waals surface area contributed by atoms with Gasteiger partial charge in [0.15, 0.2) is 15.6 Å². The lowest BCUT2D eigenvalue weighted by Gasteiger charge is -2.40. The second kappa shape index (κ2) is 15.0. The average molecular weight is 649 g/mol. The number of nitrogens with one attached hydrogen (secondary N) is 1. The van der Waals surface area contributed by atoms with Crippen molar-refractivity contribution in [3.8, 4) is 11.8 Å². The fourth-order valence-electron chi connectivity index (χ4n) is 5.61. The Hall–Kier alpha value is -3.83. The number of allylic oxidation sites excluding steroid dienone is 1. The Morgan fingerprint density at radius 2 is 1.89 bits per heavy atom. The number of halogens is 3. The van der Waals surface area contributed by atoms with E-state index in [1.54, 1.807) is 0 Å². The third kappa shape index (κ3) is 9.58. The van der Waals surface area contributed by atoms with Crippen LogP contribution in [0.15, 0.2) is 54.1 Å². The number of hydrogen-bond acceptors (Lipinski definition) is 10. The summed E-state index contributed by atoms with van der Waals surface area (Å²) in [4.78, 5) is 12.8. The summed E-state index contributed by atoms with van der Waals surface area (Å²) in [5.41, 5.74) is 1.05. The van der Waals surface area contributed by atoms with Crippen LogP contribution in [-0.4, -0.2) is 79.8 Å². The number of benzene rings is 1. The Morgan fingerprint density at radius 3 is 2.49 bits per heavy atom. The van der Waals surface area contributed by atoms with Gasteiger partial charge in [0.05, 0.1) is 53.3 Å². The predicted octanol–water partition coefficient (Wildman–Crippen LogP) is 4.97. The van der Waals surface area contributed by atoms with Gasteiger partial charge in [0.25, 0.3) is 0 Å². The molecule has 2 heterocycles. The normalized spacial score (nSPS) is 17.4. The summed E-state index contributed by atoms with van der Waals surface area (Å²) in [5, 5.41) is 12.7. The van der Waals surface area contributed by atoms with Crippen LogP contribution in [-0.2, 0) is 27.3 Å². The number of nitrogens with zero attached hydrogens (tertiary/aromatic N) is 5. The molecule has 1 aromatic carbocycles. The van der Waals surface area contributed by atoms with Gasteiger partial charge in [-0.25, -0.2) is 18.4 Å². The van der Waals surface area contributed by atoms with Gasteiger partial charge in [-0.1, -0.05) is 12.8 Å². The van der Waals surface area contributed by atoms with Crippen molar-refractivity contribution in [1.82, 2.24) is 19.8 Å². The Kier molecular flexibility index (Phi) is 11.3. The van der Waals surface area contributed by atoms with Crippen molar-refractivity contribution >= 4 is 15.8 Å². The number of methoxy groups -OCH3 is 1. The van der Waals surface area contributed by atoms with Gasteiger partial charge in [0.1, 0.15) is 12.8 Å². The Morgan fingerprint density at radius 1 is 1.18 bits per heavy atom. The minimum absolute atomic E-state index is 0.0260. The number of likely N-dealkylation sites (N-methyl/N-ethyl adjacent to an activating group) is 1. The summed E-state index contributed by atoms with van der Waals surface area (Å²) < 4.78 is 75.1. The number of rotatable bonds is 14. The van der Waals surface area contributed by atoms with Crippen LogP contribution in [0.1, 0.15) is 49.3 Å². The van der Waals surface area contributed by atoms with Crippen LogP contribution in [0.3, 0.4) is 0 Å². The van der Waals surface area contributed by atoms with E-state index in [1.165, 1.54) is 38.4 Å². The fraction of sp³-hybridized carbons (Fsp3) is 0.516. The average Bonchev–Trinajstić information content (AvgIpc) is 3.52. The first-order chi connectivity index (χ1) is 21.4. The molecule has 1 aliphatic heterocycles. The molecule has 10 nitrogen and oxygen atoms in total. The van der Waals surface area contributed by atoms with Gasteiger partial charge in [-0.2, -0.15) is 18.4 Å². The van der Waals surface area contributed by atoms with E-state index in [9.17, 15) is 26.9 Å². The van der Waals surface area contributed by atoms with Crippen molar-refractivity contribution in [3.63, 3.8) is 0 Å². The molecule has 0 saturated heterocycles. The highest BCUT2D eigenvalue weighted by Crippen LogP contribution is 2.34. The van der Waals surface area contributed by atoms with Crippen molar-refractivity contribution in [2.24, 2.45) is 5.92 Å². The highest BCUT2D eigenvalue weighted by Gasteiger charge is 2.33. The summed E-state index contributed by atoms with van der Waals surface area (Å²) >= 11 is 0. The smallest absolute Gasteiger partial charge is 0.416 e. The number of nitriles is 1. The molecule has 1 saturated carbocycles. The number of aromatic nitrogens is 2. The second-order valence-electron chi connectivity index (χ2n) is 11.2. The van der Waals surface area contributed by atoms with E-state index in [0.717, 1.165) is 55.7 Å². The summed E-state index contributed by atoms with van der Waals surface area (Å²) in [6.45, 7) is 3.90. The molecule has 0 bridgehead atoms. The lowest BCUT2D eigenvalue weighted by Crippen LogP contribution is -2.42. The minimum atomic E-state index is -4.60. The van der Waals surface area contributed by atoms with Gasteiger partial charge in [0, 0.05) is 33.0 Å². The van der Waals surface area contributed by atoms with Crippen LogP contribution in [0, 0.1) is 17.2 Å². The van der Waals surface area contributed by atoms with Crippen molar-refractivity contribution in [2.45, 2.75) is 51.6 Å². The molecular formula is C31H39F3N6O4S. The molecule has 45 heavy (non-hydrogen) atoms. The topological polar surface area (TPSA) is 121 Å². The van der Waals surface area contributed by atoms with Crippen LogP contribution in [0.5, 0.6) is 5.75 Å². The van der Waals surface area contributed by atoms with Gasteiger partial charge in [-0.3, -0.25) is 0 Å². The zero-order chi connectivity index (χ0) is 32.6. The van der Waals surface area contributed by atoms with E-state index in [-0.39, 0.29) is 37.0 Å². The van der Waals surface area contributed by atoms with E-state index in [0.29, 0.717) is 17.2 Å². The largest absolute Gasteiger partial charge is 0.489 e. The molecule has 1 fully saturated rings. The monoisotopic (exact) mass is 648 g/mol. The molecule has 2 aromatic rings. The molecular weight excluding hydrogens is 609 g/mol. The molecule has 2 aliphatic rings. The number of alkyl halides is 3. The SMILES string of the molecule is CCN(CC1CCCC1)C1=C(CNc2ncc(OCCS(C)(=O)=O)cn2)N(Cc2cc(C#N)cc(C(F)(F)F)c2)C(OC)C=C1. The first kappa shape index (κ1) is 34.1. The van der Waals surface area contributed by atoms with Crippen molar-refractivity contribution < 1.29 is 31.1 Å². The summed E-state index contributed by atoms with van der Waals surface area (Å²) in [5.74, 6) is 1.02. The van der Waals surface area contributed by atoms with Crippen LogP contribution >= 0.6 is 0 Å². The molecule has 0 amide bonds. The van der Waals surface area contributed by atoms with Crippen LogP contribution in [0.25, 0.3) is 0 Å². The zero-order valence-corrected chi connectivity index (χ0v) is 26.5. The van der Waals surface area contributed by atoms with Crippen molar-refractivity contribution in [3.05, 3.63) is 70.8 Å². The molecule has 244 valence electrons. The predicted molar refractivity (Wildman–Crippen MR) is 164 cm³/mol. The molecule has 4 rings (SSSR count). The fourth-order valence-corrected chi connectivity index (χ4v) is 6.00. The molecule has 1 N–H and O–H groups in total.